The number of para-hydroxylation sites is 1. The average molecular weight is 467 g/mol. The minimum absolute atomic E-state index is 0.0683. The summed E-state index contributed by atoms with van der Waals surface area (Å²) in [5.74, 6) is 1.11. The molecular formula is C21H30N4O6S. The molecule has 0 saturated carbocycles. The molecule has 176 valence electrons. The summed E-state index contributed by atoms with van der Waals surface area (Å²) in [5, 5.41) is 12.5. The van der Waals surface area contributed by atoms with E-state index in [9.17, 15) is 24.0 Å². The molecule has 11 heteroatoms. The second kappa shape index (κ2) is 10.8. The number of imidazole rings is 1. The molecule has 0 radical (unpaired) electrons. The zero-order valence-electron chi connectivity index (χ0n) is 18.1. The van der Waals surface area contributed by atoms with Gasteiger partial charge < -0.3 is 14.7 Å². The molecule has 1 saturated heterocycles. The molecule has 10 nitrogen and oxygen atoms in total. The maximum absolute atomic E-state index is 13.0. The molecule has 0 bridgehead atoms. The lowest BCUT2D eigenvalue weighted by Gasteiger charge is -2.39. The number of amides is 1. The maximum Gasteiger partial charge on any atom is 0.294 e. The highest BCUT2D eigenvalue weighted by Gasteiger charge is 2.27. The fourth-order valence-electron chi connectivity index (χ4n) is 3.87. The summed E-state index contributed by atoms with van der Waals surface area (Å²) in [4.78, 5) is 32.2. The van der Waals surface area contributed by atoms with Gasteiger partial charge in [-0.25, -0.2) is 4.98 Å². The number of carbonyl (C=O) groups excluding carboxylic acids is 1. The Morgan fingerprint density at radius 3 is 2.59 bits per heavy atom. The Balaban J connectivity index is 1.71. The summed E-state index contributed by atoms with van der Waals surface area (Å²) >= 11 is 0. The van der Waals surface area contributed by atoms with E-state index < -0.39 is 15.7 Å². The van der Waals surface area contributed by atoms with Crippen LogP contribution in [0.2, 0.25) is 0 Å². The van der Waals surface area contributed by atoms with Gasteiger partial charge in [0, 0.05) is 29.7 Å². The Morgan fingerprint density at radius 1 is 1.25 bits per heavy atom. The fraction of sp³-hybridized carbons (Fsp3) is 0.524. The summed E-state index contributed by atoms with van der Waals surface area (Å²) in [5.41, 5.74) is 2.01. The van der Waals surface area contributed by atoms with Gasteiger partial charge in [0.2, 0.25) is 0 Å². The summed E-state index contributed by atoms with van der Waals surface area (Å²) < 4.78 is 21.5. The van der Waals surface area contributed by atoms with Crippen LogP contribution < -0.4 is 5.32 Å². The number of nitrogens with one attached hydrogen (secondary N) is 1. The molecule has 1 aromatic heterocycles. The lowest BCUT2D eigenvalue weighted by atomic mass is 10.1. The van der Waals surface area contributed by atoms with Gasteiger partial charge in [-0.2, -0.15) is 10.6 Å². The molecule has 0 atom stereocenters. The smallest absolute Gasteiger partial charge is 0.294 e. The largest absolute Gasteiger partial charge is 0.348 e. The third-order valence-corrected chi connectivity index (χ3v) is 7.35. The van der Waals surface area contributed by atoms with Crippen LogP contribution >= 0.6 is 10.6 Å². The maximum atomic E-state index is 13.0. The predicted molar refractivity (Wildman–Crippen MR) is 122 cm³/mol. The van der Waals surface area contributed by atoms with Gasteiger partial charge in [-0.05, 0) is 44.7 Å². The van der Waals surface area contributed by atoms with Crippen LogP contribution in [0.25, 0.3) is 5.69 Å². The molecule has 0 unspecified atom stereocenters. The number of hydrogen-bond donors (Lipinski definition) is 3. The van der Waals surface area contributed by atoms with Crippen LogP contribution in [-0.4, -0.2) is 53.8 Å². The first-order valence-electron chi connectivity index (χ1n) is 10.7. The first-order chi connectivity index (χ1) is 15.3. The fourth-order valence-corrected chi connectivity index (χ4v) is 5.40. The van der Waals surface area contributed by atoms with E-state index in [1.165, 1.54) is 0 Å². The summed E-state index contributed by atoms with van der Waals surface area (Å²) in [6.45, 7) is 1.93. The molecule has 0 spiro atoms. The lowest BCUT2D eigenvalue weighted by molar-refractivity contribution is -0.757. The number of hydrogen-bond acceptors (Lipinski definition) is 7. The zero-order valence-corrected chi connectivity index (χ0v) is 18.9. The van der Waals surface area contributed by atoms with Crippen molar-refractivity contribution in [2.24, 2.45) is 0 Å². The van der Waals surface area contributed by atoms with Gasteiger partial charge in [0.1, 0.15) is 11.5 Å². The van der Waals surface area contributed by atoms with Gasteiger partial charge in [0.05, 0.1) is 12.3 Å². The number of aromatic nitrogens is 2. The van der Waals surface area contributed by atoms with Crippen LogP contribution in [-0.2, 0) is 11.3 Å². The first kappa shape index (κ1) is 24.0. The molecule has 1 fully saturated rings. The minimum Gasteiger partial charge on any atom is -0.348 e. The molecule has 3 N–H and O–H groups in total. The van der Waals surface area contributed by atoms with E-state index in [0.717, 1.165) is 30.0 Å². The average Bonchev–Trinajstić information content (AvgIpc) is 3.08. The van der Waals surface area contributed by atoms with Crippen molar-refractivity contribution in [3.05, 3.63) is 57.7 Å². The van der Waals surface area contributed by atoms with E-state index in [0.29, 0.717) is 42.9 Å². The quantitative estimate of drug-likeness (QED) is 0.275. The van der Waals surface area contributed by atoms with Gasteiger partial charge in [0.15, 0.2) is 0 Å². The Hall–Kier alpha value is -2.63. The van der Waals surface area contributed by atoms with E-state index >= 15 is 0 Å². The van der Waals surface area contributed by atoms with Gasteiger partial charge in [-0.3, -0.25) is 13.9 Å². The highest BCUT2D eigenvalue weighted by atomic mass is 32.3. The Morgan fingerprint density at radius 2 is 1.94 bits per heavy atom. The van der Waals surface area contributed by atoms with Gasteiger partial charge >= 0.3 is 0 Å². The van der Waals surface area contributed by atoms with Crippen molar-refractivity contribution >= 4 is 16.5 Å². The van der Waals surface area contributed by atoms with Crippen LogP contribution in [0.1, 0.15) is 54.1 Å². The van der Waals surface area contributed by atoms with Crippen molar-refractivity contribution in [1.29, 1.82) is 0 Å². The first-order valence-corrected chi connectivity index (χ1v) is 12.6. The molecule has 1 aromatic carbocycles. The molecule has 32 heavy (non-hydrogen) atoms. The Labute approximate surface area is 188 Å². The number of rotatable bonds is 10. The van der Waals surface area contributed by atoms with Crippen LogP contribution in [0.3, 0.4) is 0 Å². The van der Waals surface area contributed by atoms with Crippen molar-refractivity contribution in [2.75, 3.05) is 18.1 Å². The van der Waals surface area contributed by atoms with Crippen LogP contribution in [0.4, 0.5) is 0 Å². The molecule has 3 rings (SSSR count). The van der Waals surface area contributed by atoms with E-state index in [1.54, 1.807) is 0 Å². The normalized spacial score (nSPS) is 17.0. The topological polar surface area (TPSA) is 140 Å². The van der Waals surface area contributed by atoms with Crippen LogP contribution in [0.15, 0.2) is 30.3 Å². The molecule has 0 aliphatic carbocycles. The van der Waals surface area contributed by atoms with E-state index in [4.69, 9.17) is 0 Å². The highest BCUT2D eigenvalue weighted by Crippen LogP contribution is 2.43. The van der Waals surface area contributed by atoms with Crippen molar-refractivity contribution in [2.45, 2.75) is 51.5 Å². The van der Waals surface area contributed by atoms with Crippen molar-refractivity contribution in [3.63, 3.8) is 0 Å². The number of nitrogens with zero attached hydrogens (tertiary/aromatic N) is 3. The molecule has 1 aliphatic heterocycles. The summed E-state index contributed by atoms with van der Waals surface area (Å²) in [7, 11) is -2.50. The van der Waals surface area contributed by atoms with Gasteiger partial charge in [-0.1, -0.05) is 24.6 Å². The van der Waals surface area contributed by atoms with Crippen molar-refractivity contribution in [3.8, 4) is 5.69 Å². The number of unbranched alkanes of at least 4 members (excludes halogenated alkanes) is 2. The van der Waals surface area contributed by atoms with Gasteiger partial charge in [-0.15, -0.1) is 10.1 Å². The Bertz CT molecular complexity index is 924. The monoisotopic (exact) mass is 466 g/mol. The number of aryl methyl sites for hydroxylation is 1. The second-order valence-electron chi connectivity index (χ2n) is 7.96. The molecule has 1 aliphatic rings. The standard InChI is InChI=1S/C21H30N4O6S/c1-16-20(21(26)22-17-11-14-32(29,30)15-12-17)23-19(10-6-3-7-13-31-25(27)28)24(16)18-8-4-2-5-9-18/h2,4-5,8-9,17,29-30H,3,6-7,10-15H2,1H3,(H,22,26). The number of carbonyl (C=O) groups is 1. The molecule has 1 amide bonds. The zero-order chi connectivity index (χ0) is 23.1. The van der Waals surface area contributed by atoms with Gasteiger partial charge in [0.25, 0.3) is 11.0 Å². The molecular weight excluding hydrogens is 436 g/mol. The van der Waals surface area contributed by atoms with E-state index in [1.807, 2.05) is 41.8 Å². The van der Waals surface area contributed by atoms with Crippen LogP contribution in [0.5, 0.6) is 0 Å². The van der Waals surface area contributed by atoms with E-state index in [2.05, 4.69) is 15.1 Å². The molecule has 2 aromatic rings. The third kappa shape index (κ3) is 6.44. The highest BCUT2D eigenvalue weighted by molar-refractivity contribution is 8.24. The molecule has 2 heterocycles. The van der Waals surface area contributed by atoms with Crippen LogP contribution in [0, 0.1) is 17.0 Å². The second-order valence-corrected chi connectivity index (χ2v) is 10.4. The number of benzene rings is 1. The van der Waals surface area contributed by atoms with Crippen molar-refractivity contribution < 1.29 is 23.8 Å². The summed E-state index contributed by atoms with van der Waals surface area (Å²) in [6, 6.07) is 9.58. The van der Waals surface area contributed by atoms with Crippen molar-refractivity contribution in [1.82, 2.24) is 14.9 Å². The predicted octanol–water partition coefficient (Wildman–Crippen LogP) is 3.74. The SMILES string of the molecule is Cc1c(C(=O)NC2CCS(O)(O)CC2)nc(CCCCCO[N+](=O)[O-])n1-c1ccccc1. The Kier molecular flexibility index (Phi) is 8.10. The third-order valence-electron chi connectivity index (χ3n) is 5.57. The van der Waals surface area contributed by atoms with E-state index in [-0.39, 0.29) is 18.6 Å². The lowest BCUT2D eigenvalue weighted by Crippen LogP contribution is -2.40. The minimum atomic E-state index is -2.50. The summed E-state index contributed by atoms with van der Waals surface area (Å²) in [6.07, 6.45) is 3.75.